The van der Waals surface area contributed by atoms with Gasteiger partial charge in [-0.15, -0.1) is 11.3 Å². The molecule has 0 bridgehead atoms. The fourth-order valence-corrected chi connectivity index (χ4v) is 3.27. The van der Waals surface area contributed by atoms with Crippen molar-refractivity contribution in [1.29, 1.82) is 0 Å². The van der Waals surface area contributed by atoms with Crippen LogP contribution in [0.4, 0.5) is 5.69 Å². The number of hydrogen-bond acceptors (Lipinski definition) is 3. The van der Waals surface area contributed by atoms with Crippen molar-refractivity contribution in [3.63, 3.8) is 0 Å². The van der Waals surface area contributed by atoms with E-state index in [4.69, 9.17) is 27.9 Å². The van der Waals surface area contributed by atoms with E-state index in [-0.39, 0.29) is 5.91 Å². The third-order valence-electron chi connectivity index (χ3n) is 3.54. The molecule has 1 heterocycles. The zero-order valence-electron chi connectivity index (χ0n) is 13.4. The highest BCUT2D eigenvalue weighted by molar-refractivity contribution is 7.12. The van der Waals surface area contributed by atoms with E-state index in [0.29, 0.717) is 27.2 Å². The molecular formula is C19H15Cl2NO2S. The summed E-state index contributed by atoms with van der Waals surface area (Å²) in [5.74, 6) is 0.573. The second-order valence-electron chi connectivity index (χ2n) is 5.48. The molecule has 1 aromatic heterocycles. The van der Waals surface area contributed by atoms with E-state index >= 15 is 0 Å². The number of thiophene rings is 1. The van der Waals surface area contributed by atoms with Crippen molar-refractivity contribution >= 4 is 46.1 Å². The van der Waals surface area contributed by atoms with Crippen molar-refractivity contribution in [1.82, 2.24) is 0 Å². The number of halogens is 2. The molecule has 2 aromatic carbocycles. The van der Waals surface area contributed by atoms with Gasteiger partial charge in [-0.2, -0.15) is 0 Å². The zero-order chi connectivity index (χ0) is 17.8. The molecule has 3 rings (SSSR count). The average Bonchev–Trinajstić information content (AvgIpc) is 3.07. The Balaban J connectivity index is 1.63. The summed E-state index contributed by atoms with van der Waals surface area (Å²) in [6.45, 7) is 2.31. The predicted octanol–water partition coefficient (Wildman–Crippen LogP) is 6.19. The fraction of sp³-hybridized carbons (Fsp3) is 0.105. The van der Waals surface area contributed by atoms with Crippen molar-refractivity contribution in [2.45, 2.75) is 13.5 Å². The first kappa shape index (κ1) is 17.8. The summed E-state index contributed by atoms with van der Waals surface area (Å²) in [5.41, 5.74) is 2.61. The lowest BCUT2D eigenvalue weighted by Gasteiger charge is -2.07. The van der Waals surface area contributed by atoms with Crippen LogP contribution in [0, 0.1) is 6.92 Å². The highest BCUT2D eigenvalue weighted by atomic mass is 35.5. The van der Waals surface area contributed by atoms with E-state index < -0.39 is 0 Å². The lowest BCUT2D eigenvalue weighted by atomic mass is 10.2. The van der Waals surface area contributed by atoms with Crippen LogP contribution in [-0.4, -0.2) is 5.91 Å². The molecule has 0 aliphatic rings. The number of amides is 1. The van der Waals surface area contributed by atoms with Crippen LogP contribution in [0.5, 0.6) is 5.75 Å². The molecule has 0 saturated heterocycles. The number of benzene rings is 2. The number of ether oxygens (including phenoxy) is 1. The predicted molar refractivity (Wildman–Crippen MR) is 104 cm³/mol. The Kier molecular flexibility index (Phi) is 5.63. The number of hydrogen-bond donors (Lipinski definition) is 1. The molecule has 0 radical (unpaired) electrons. The molecule has 0 fully saturated rings. The highest BCUT2D eigenvalue weighted by Crippen LogP contribution is 2.23. The van der Waals surface area contributed by atoms with Crippen LogP contribution in [0.3, 0.4) is 0 Å². The Morgan fingerprint density at radius 2 is 1.80 bits per heavy atom. The number of rotatable bonds is 5. The first-order valence-corrected chi connectivity index (χ1v) is 9.18. The van der Waals surface area contributed by atoms with Crippen LogP contribution in [-0.2, 0) is 6.61 Å². The minimum absolute atomic E-state index is 0.159. The maximum atomic E-state index is 12.4. The van der Waals surface area contributed by atoms with E-state index in [1.54, 1.807) is 24.3 Å². The molecule has 25 heavy (non-hydrogen) atoms. The lowest BCUT2D eigenvalue weighted by molar-refractivity contribution is 0.103. The highest BCUT2D eigenvalue weighted by Gasteiger charge is 2.11. The second-order valence-corrected chi connectivity index (χ2v) is 7.26. The van der Waals surface area contributed by atoms with E-state index in [2.05, 4.69) is 5.32 Å². The third kappa shape index (κ3) is 4.75. The molecule has 0 unspecified atom stereocenters. The summed E-state index contributed by atoms with van der Waals surface area (Å²) in [6.07, 6.45) is 0. The van der Waals surface area contributed by atoms with Gasteiger partial charge in [0, 0.05) is 21.3 Å². The van der Waals surface area contributed by atoms with E-state index in [9.17, 15) is 4.79 Å². The van der Waals surface area contributed by atoms with Crippen LogP contribution in [0.25, 0.3) is 0 Å². The molecule has 128 valence electrons. The molecule has 6 heteroatoms. The van der Waals surface area contributed by atoms with E-state index in [1.165, 1.54) is 11.3 Å². The van der Waals surface area contributed by atoms with Gasteiger partial charge in [0.2, 0.25) is 0 Å². The number of carbonyl (C=O) groups is 1. The summed E-state index contributed by atoms with van der Waals surface area (Å²) in [7, 11) is 0. The third-order valence-corrected chi connectivity index (χ3v) is 5.01. The van der Waals surface area contributed by atoms with Crippen molar-refractivity contribution < 1.29 is 9.53 Å². The van der Waals surface area contributed by atoms with Crippen molar-refractivity contribution in [3.8, 4) is 5.75 Å². The molecule has 0 spiro atoms. The van der Waals surface area contributed by atoms with Gasteiger partial charge in [0.25, 0.3) is 5.91 Å². The number of nitrogens with one attached hydrogen (secondary N) is 1. The first-order chi connectivity index (χ1) is 12.0. The minimum atomic E-state index is -0.159. The van der Waals surface area contributed by atoms with Gasteiger partial charge in [0.1, 0.15) is 12.4 Å². The van der Waals surface area contributed by atoms with E-state index in [0.717, 1.165) is 16.9 Å². The monoisotopic (exact) mass is 391 g/mol. The molecular weight excluding hydrogens is 377 g/mol. The molecule has 1 amide bonds. The normalized spacial score (nSPS) is 10.5. The molecule has 3 nitrogen and oxygen atoms in total. The zero-order valence-corrected chi connectivity index (χ0v) is 15.7. The van der Waals surface area contributed by atoms with Crippen LogP contribution in [0.2, 0.25) is 10.0 Å². The summed E-state index contributed by atoms with van der Waals surface area (Å²) >= 11 is 13.2. The Morgan fingerprint density at radius 1 is 1.08 bits per heavy atom. The largest absolute Gasteiger partial charge is 0.489 e. The Hall–Kier alpha value is -2.01. The van der Waals surface area contributed by atoms with Gasteiger partial charge in [-0.3, -0.25) is 4.79 Å². The number of anilines is 1. The van der Waals surface area contributed by atoms with E-state index in [1.807, 2.05) is 36.6 Å². The Morgan fingerprint density at radius 3 is 2.56 bits per heavy atom. The Labute approximate surface area is 160 Å². The van der Waals surface area contributed by atoms with Gasteiger partial charge in [0.05, 0.1) is 4.88 Å². The van der Waals surface area contributed by atoms with Gasteiger partial charge in [-0.05, 0) is 60.3 Å². The number of carbonyl (C=O) groups excluding carboxylic acids is 1. The van der Waals surface area contributed by atoms with Crippen LogP contribution in [0.1, 0.15) is 20.8 Å². The van der Waals surface area contributed by atoms with Crippen molar-refractivity contribution in [2.24, 2.45) is 0 Å². The maximum absolute atomic E-state index is 12.4. The molecule has 3 aromatic rings. The SMILES string of the molecule is Cc1ccc(Cl)cc1NC(=O)c1cc(COc2ccc(Cl)cc2)cs1. The fourth-order valence-electron chi connectivity index (χ4n) is 2.18. The first-order valence-electron chi connectivity index (χ1n) is 7.54. The molecule has 0 saturated carbocycles. The van der Waals surface area contributed by atoms with Crippen LogP contribution in [0.15, 0.2) is 53.9 Å². The summed E-state index contributed by atoms with van der Waals surface area (Å²) in [4.78, 5) is 13.0. The molecule has 0 aliphatic heterocycles. The lowest BCUT2D eigenvalue weighted by Crippen LogP contribution is -2.11. The second kappa shape index (κ2) is 7.91. The topological polar surface area (TPSA) is 38.3 Å². The van der Waals surface area contributed by atoms with Crippen molar-refractivity contribution in [2.75, 3.05) is 5.32 Å². The minimum Gasteiger partial charge on any atom is -0.489 e. The quantitative estimate of drug-likeness (QED) is 0.562. The summed E-state index contributed by atoms with van der Waals surface area (Å²) in [6, 6.07) is 14.4. The smallest absolute Gasteiger partial charge is 0.265 e. The van der Waals surface area contributed by atoms with Gasteiger partial charge < -0.3 is 10.1 Å². The van der Waals surface area contributed by atoms with Gasteiger partial charge in [0.15, 0.2) is 0 Å². The molecule has 0 atom stereocenters. The van der Waals surface area contributed by atoms with Gasteiger partial charge in [-0.1, -0.05) is 29.3 Å². The van der Waals surface area contributed by atoms with Gasteiger partial charge in [-0.25, -0.2) is 0 Å². The summed E-state index contributed by atoms with van der Waals surface area (Å²) in [5, 5.41) is 6.06. The van der Waals surface area contributed by atoms with Crippen molar-refractivity contribution in [3.05, 3.63) is 80.0 Å². The summed E-state index contributed by atoms with van der Waals surface area (Å²) < 4.78 is 5.69. The molecule has 0 aliphatic carbocycles. The van der Waals surface area contributed by atoms with Gasteiger partial charge >= 0.3 is 0 Å². The molecule has 1 N–H and O–H groups in total. The maximum Gasteiger partial charge on any atom is 0.265 e. The Bertz CT molecular complexity index is 891. The number of aryl methyl sites for hydroxylation is 1. The van der Waals surface area contributed by atoms with Crippen LogP contribution >= 0.6 is 34.5 Å². The van der Waals surface area contributed by atoms with Crippen LogP contribution < -0.4 is 10.1 Å². The average molecular weight is 392 g/mol. The standard InChI is InChI=1S/C19H15Cl2NO2S/c1-12-2-3-15(21)9-17(12)22-19(23)18-8-13(11-25-18)10-24-16-6-4-14(20)5-7-16/h2-9,11H,10H2,1H3,(H,22,23).